The first-order valence-electron chi connectivity index (χ1n) is 5.87. The highest BCUT2D eigenvalue weighted by Crippen LogP contribution is 2.27. The Balaban J connectivity index is 2.94. The number of anilines is 1. The number of rotatable bonds is 6. The smallest absolute Gasteiger partial charge is 0.257 e. The van der Waals surface area contributed by atoms with E-state index in [9.17, 15) is 4.79 Å². The number of nitrogens with two attached hydrogens (primary N) is 1. The highest BCUT2D eigenvalue weighted by atomic mass is 32.2. The Morgan fingerprint density at radius 1 is 1.50 bits per heavy atom. The molecule has 0 aliphatic carbocycles. The average Bonchev–Trinajstić information content (AvgIpc) is 2.37. The fourth-order valence-corrected chi connectivity index (χ4v) is 2.02. The van der Waals surface area contributed by atoms with Gasteiger partial charge in [-0.1, -0.05) is 6.07 Å². The normalized spacial score (nSPS) is 10.2. The van der Waals surface area contributed by atoms with Gasteiger partial charge in [-0.25, -0.2) is 0 Å². The second-order valence-electron chi connectivity index (χ2n) is 3.88. The van der Waals surface area contributed by atoms with Crippen molar-refractivity contribution < 1.29 is 9.53 Å². The maximum Gasteiger partial charge on any atom is 0.257 e. The Bertz CT molecular complexity index is 410. The van der Waals surface area contributed by atoms with Gasteiger partial charge in [-0.05, 0) is 25.3 Å². The van der Waals surface area contributed by atoms with E-state index in [2.05, 4.69) is 0 Å². The fourth-order valence-electron chi connectivity index (χ4n) is 1.56. The first-order chi connectivity index (χ1) is 8.61. The monoisotopic (exact) mass is 268 g/mol. The van der Waals surface area contributed by atoms with Gasteiger partial charge < -0.3 is 15.4 Å². The molecule has 0 unspecified atom stereocenters. The van der Waals surface area contributed by atoms with E-state index in [1.165, 1.54) is 0 Å². The number of nitrogens with zero attached hydrogens (tertiary/aromatic N) is 1. The summed E-state index contributed by atoms with van der Waals surface area (Å²) in [7, 11) is 1.79. The number of hydrogen-bond donors (Lipinski definition) is 1. The van der Waals surface area contributed by atoms with E-state index < -0.39 is 0 Å². The lowest BCUT2D eigenvalue weighted by molar-refractivity contribution is 0.0800. The van der Waals surface area contributed by atoms with E-state index >= 15 is 0 Å². The molecule has 1 amide bonds. The SMILES string of the molecule is CCOc1c(N)cccc1C(=O)N(C)CCSC. The van der Waals surface area contributed by atoms with Crippen LogP contribution in [-0.4, -0.2) is 43.0 Å². The maximum absolute atomic E-state index is 12.3. The lowest BCUT2D eigenvalue weighted by Crippen LogP contribution is -2.29. The van der Waals surface area contributed by atoms with Crippen LogP contribution in [0.3, 0.4) is 0 Å². The standard InChI is InChI=1S/C13H20N2O2S/c1-4-17-12-10(6-5-7-11(12)14)13(16)15(2)8-9-18-3/h5-7H,4,8-9,14H2,1-3H3. The van der Waals surface area contributed by atoms with Gasteiger partial charge >= 0.3 is 0 Å². The molecule has 0 aliphatic rings. The van der Waals surface area contributed by atoms with Gasteiger partial charge in [0, 0.05) is 19.3 Å². The average molecular weight is 268 g/mol. The molecular weight excluding hydrogens is 248 g/mol. The summed E-state index contributed by atoms with van der Waals surface area (Å²) in [6, 6.07) is 5.26. The quantitative estimate of drug-likeness (QED) is 0.803. The molecule has 0 radical (unpaired) electrons. The summed E-state index contributed by atoms with van der Waals surface area (Å²) in [6.45, 7) is 3.07. The molecule has 0 saturated heterocycles. The number of para-hydroxylation sites is 1. The molecule has 0 atom stereocenters. The number of ether oxygens (including phenoxy) is 1. The third-order valence-corrected chi connectivity index (χ3v) is 3.13. The molecule has 0 spiro atoms. The van der Waals surface area contributed by atoms with E-state index in [0.29, 0.717) is 30.2 Å². The molecule has 5 heteroatoms. The summed E-state index contributed by atoms with van der Waals surface area (Å²) in [5, 5.41) is 0. The summed E-state index contributed by atoms with van der Waals surface area (Å²) in [5.74, 6) is 1.34. The molecule has 100 valence electrons. The Morgan fingerprint density at radius 3 is 2.83 bits per heavy atom. The van der Waals surface area contributed by atoms with Crippen molar-refractivity contribution in [3.05, 3.63) is 23.8 Å². The first-order valence-corrected chi connectivity index (χ1v) is 7.26. The van der Waals surface area contributed by atoms with Gasteiger partial charge in [0.15, 0.2) is 5.75 Å². The van der Waals surface area contributed by atoms with Crippen molar-refractivity contribution in [1.82, 2.24) is 4.90 Å². The van der Waals surface area contributed by atoms with Crippen LogP contribution in [0.1, 0.15) is 17.3 Å². The topological polar surface area (TPSA) is 55.6 Å². The Kier molecular flexibility index (Phi) is 5.85. The highest BCUT2D eigenvalue weighted by molar-refractivity contribution is 7.98. The summed E-state index contributed by atoms with van der Waals surface area (Å²) < 4.78 is 5.47. The molecule has 0 heterocycles. The Labute approximate surface area is 112 Å². The largest absolute Gasteiger partial charge is 0.491 e. The zero-order valence-corrected chi connectivity index (χ0v) is 11.9. The zero-order valence-electron chi connectivity index (χ0n) is 11.1. The van der Waals surface area contributed by atoms with Crippen molar-refractivity contribution in [3.8, 4) is 5.75 Å². The van der Waals surface area contributed by atoms with Crippen molar-refractivity contribution in [3.63, 3.8) is 0 Å². The molecule has 0 fully saturated rings. The van der Waals surface area contributed by atoms with Gasteiger partial charge in [-0.3, -0.25) is 4.79 Å². The number of benzene rings is 1. The summed E-state index contributed by atoms with van der Waals surface area (Å²) in [4.78, 5) is 14.0. The molecule has 1 aromatic rings. The molecule has 0 aromatic heterocycles. The number of carbonyl (C=O) groups excluding carboxylic acids is 1. The van der Waals surface area contributed by atoms with Crippen LogP contribution in [0.15, 0.2) is 18.2 Å². The minimum Gasteiger partial charge on any atom is -0.491 e. The van der Waals surface area contributed by atoms with Gasteiger partial charge in [0.2, 0.25) is 0 Å². The molecular formula is C13H20N2O2S. The van der Waals surface area contributed by atoms with E-state index in [4.69, 9.17) is 10.5 Å². The van der Waals surface area contributed by atoms with Crippen molar-refractivity contribution >= 4 is 23.4 Å². The summed E-state index contributed by atoms with van der Waals surface area (Å²) >= 11 is 1.71. The zero-order chi connectivity index (χ0) is 13.5. The third kappa shape index (κ3) is 3.57. The summed E-state index contributed by atoms with van der Waals surface area (Å²) in [5.41, 5.74) is 6.87. The van der Waals surface area contributed by atoms with E-state index in [-0.39, 0.29) is 5.91 Å². The van der Waals surface area contributed by atoms with Crippen molar-refractivity contribution in [1.29, 1.82) is 0 Å². The molecule has 2 N–H and O–H groups in total. The van der Waals surface area contributed by atoms with Crippen LogP contribution < -0.4 is 10.5 Å². The van der Waals surface area contributed by atoms with Gasteiger partial charge in [0.25, 0.3) is 5.91 Å². The van der Waals surface area contributed by atoms with Crippen LogP contribution in [0, 0.1) is 0 Å². The van der Waals surface area contributed by atoms with Crippen LogP contribution in [0.25, 0.3) is 0 Å². The molecule has 4 nitrogen and oxygen atoms in total. The maximum atomic E-state index is 12.3. The van der Waals surface area contributed by atoms with Crippen molar-refractivity contribution in [2.45, 2.75) is 6.92 Å². The number of thioether (sulfide) groups is 1. The number of carbonyl (C=O) groups is 1. The molecule has 1 aromatic carbocycles. The highest BCUT2D eigenvalue weighted by Gasteiger charge is 2.18. The van der Waals surface area contributed by atoms with Gasteiger partial charge in [-0.15, -0.1) is 0 Å². The first kappa shape index (κ1) is 14.7. The molecule has 0 bridgehead atoms. The minimum absolute atomic E-state index is 0.0557. The van der Waals surface area contributed by atoms with Crippen molar-refractivity contribution in [2.24, 2.45) is 0 Å². The van der Waals surface area contributed by atoms with E-state index in [1.807, 2.05) is 13.2 Å². The van der Waals surface area contributed by atoms with Crippen LogP contribution in [0.2, 0.25) is 0 Å². The second kappa shape index (κ2) is 7.16. The summed E-state index contributed by atoms with van der Waals surface area (Å²) in [6.07, 6.45) is 2.02. The minimum atomic E-state index is -0.0557. The third-order valence-electron chi connectivity index (χ3n) is 2.54. The van der Waals surface area contributed by atoms with Crippen LogP contribution >= 0.6 is 11.8 Å². The second-order valence-corrected chi connectivity index (χ2v) is 4.86. The van der Waals surface area contributed by atoms with Crippen LogP contribution in [0.5, 0.6) is 5.75 Å². The Morgan fingerprint density at radius 2 is 2.22 bits per heavy atom. The van der Waals surface area contributed by atoms with Crippen LogP contribution in [0.4, 0.5) is 5.69 Å². The Hall–Kier alpha value is -1.36. The number of nitrogen functional groups attached to an aromatic ring is 1. The molecule has 18 heavy (non-hydrogen) atoms. The van der Waals surface area contributed by atoms with E-state index in [0.717, 1.165) is 5.75 Å². The lowest BCUT2D eigenvalue weighted by atomic mass is 10.1. The van der Waals surface area contributed by atoms with Gasteiger partial charge in [0.1, 0.15) is 0 Å². The van der Waals surface area contributed by atoms with Gasteiger partial charge in [0.05, 0.1) is 17.9 Å². The molecule has 0 saturated carbocycles. The predicted molar refractivity (Wildman–Crippen MR) is 77.4 cm³/mol. The van der Waals surface area contributed by atoms with Gasteiger partial charge in [-0.2, -0.15) is 11.8 Å². The van der Waals surface area contributed by atoms with Crippen LogP contribution in [-0.2, 0) is 0 Å². The number of hydrogen-bond acceptors (Lipinski definition) is 4. The van der Waals surface area contributed by atoms with E-state index in [1.54, 1.807) is 41.9 Å². The van der Waals surface area contributed by atoms with Crippen molar-refractivity contribution in [2.75, 3.05) is 37.9 Å². The fraction of sp³-hybridized carbons (Fsp3) is 0.462. The number of amides is 1. The molecule has 1 rings (SSSR count). The lowest BCUT2D eigenvalue weighted by Gasteiger charge is -2.19. The predicted octanol–water partition coefficient (Wildman–Crippen LogP) is 2.10. The molecule has 0 aliphatic heterocycles.